The Morgan fingerprint density at radius 1 is 1.20 bits per heavy atom. The molecule has 0 radical (unpaired) electrons. The van der Waals surface area contributed by atoms with E-state index in [-0.39, 0.29) is 0 Å². The average molecular weight is 214 g/mol. The highest BCUT2D eigenvalue weighted by Gasteiger charge is 2.21. The number of carbonyl (C=O) groups is 1. The zero-order chi connectivity index (χ0) is 10.9. The van der Waals surface area contributed by atoms with Gasteiger partial charge in [-0.1, -0.05) is 12.8 Å². The minimum absolute atomic E-state index is 0.365. The van der Waals surface area contributed by atoms with Gasteiger partial charge in [0.25, 0.3) is 0 Å². The molecule has 1 aliphatic rings. The molecule has 0 amide bonds. The molecule has 0 heterocycles. The fourth-order valence-corrected chi connectivity index (χ4v) is 2.04. The van der Waals surface area contributed by atoms with Gasteiger partial charge in [-0.25, -0.2) is 0 Å². The molecule has 88 valence electrons. The molecular formula is C12H22O3. The van der Waals surface area contributed by atoms with Crippen LogP contribution in [0.2, 0.25) is 0 Å². The molecule has 1 fully saturated rings. The number of hydrogen-bond acceptors (Lipinski definition) is 3. The first-order chi connectivity index (χ1) is 7.34. The maximum absolute atomic E-state index is 11.7. The van der Waals surface area contributed by atoms with Crippen molar-refractivity contribution in [1.82, 2.24) is 0 Å². The summed E-state index contributed by atoms with van der Waals surface area (Å²) in [6.45, 7) is 1.95. The summed E-state index contributed by atoms with van der Waals surface area (Å²) in [7, 11) is 1.66. The Kier molecular flexibility index (Phi) is 6.60. The first-order valence-electron chi connectivity index (χ1n) is 5.94. The molecule has 0 unspecified atom stereocenters. The van der Waals surface area contributed by atoms with Crippen LogP contribution in [0.25, 0.3) is 0 Å². The summed E-state index contributed by atoms with van der Waals surface area (Å²) in [4.78, 5) is 11.7. The Hall–Kier alpha value is -0.410. The lowest BCUT2D eigenvalue weighted by Gasteiger charge is -2.07. The van der Waals surface area contributed by atoms with E-state index in [4.69, 9.17) is 9.47 Å². The van der Waals surface area contributed by atoms with E-state index >= 15 is 0 Å². The van der Waals surface area contributed by atoms with E-state index in [9.17, 15) is 4.79 Å². The quantitative estimate of drug-likeness (QED) is 0.581. The molecule has 3 nitrogen and oxygen atoms in total. The van der Waals surface area contributed by atoms with Crippen LogP contribution in [-0.4, -0.2) is 32.7 Å². The van der Waals surface area contributed by atoms with Crippen LogP contribution in [-0.2, 0) is 14.3 Å². The van der Waals surface area contributed by atoms with Crippen molar-refractivity contribution in [2.75, 3.05) is 26.9 Å². The van der Waals surface area contributed by atoms with Crippen molar-refractivity contribution in [3.63, 3.8) is 0 Å². The van der Waals surface area contributed by atoms with E-state index in [1.807, 2.05) is 0 Å². The molecule has 0 N–H and O–H groups in total. The van der Waals surface area contributed by atoms with E-state index in [1.54, 1.807) is 7.11 Å². The topological polar surface area (TPSA) is 35.5 Å². The van der Waals surface area contributed by atoms with Crippen molar-refractivity contribution < 1.29 is 14.3 Å². The van der Waals surface area contributed by atoms with Crippen LogP contribution < -0.4 is 0 Å². The molecule has 0 aromatic carbocycles. The molecule has 0 aromatic rings. The van der Waals surface area contributed by atoms with Crippen molar-refractivity contribution in [1.29, 1.82) is 0 Å². The van der Waals surface area contributed by atoms with E-state index in [0.29, 0.717) is 37.9 Å². The Morgan fingerprint density at radius 2 is 1.93 bits per heavy atom. The Balaban J connectivity index is 1.92. The number of ketones is 1. The standard InChI is InChI=1S/C12H22O3/c1-14-9-10-15-8-4-7-12(13)11-5-2-3-6-11/h11H,2-10H2,1H3. The highest BCUT2D eigenvalue weighted by Crippen LogP contribution is 2.26. The molecule has 0 bridgehead atoms. The minimum Gasteiger partial charge on any atom is -0.382 e. The molecule has 0 aromatic heterocycles. The molecule has 15 heavy (non-hydrogen) atoms. The summed E-state index contributed by atoms with van der Waals surface area (Å²) in [6.07, 6.45) is 6.25. The van der Waals surface area contributed by atoms with Gasteiger partial charge in [0.15, 0.2) is 0 Å². The Labute approximate surface area is 92.1 Å². The molecular weight excluding hydrogens is 192 g/mol. The van der Waals surface area contributed by atoms with Crippen molar-refractivity contribution in [3.05, 3.63) is 0 Å². The van der Waals surface area contributed by atoms with Crippen LogP contribution >= 0.6 is 0 Å². The van der Waals surface area contributed by atoms with Crippen molar-refractivity contribution in [2.45, 2.75) is 38.5 Å². The molecule has 0 saturated heterocycles. The molecule has 1 rings (SSSR count). The third-order valence-corrected chi connectivity index (χ3v) is 2.95. The van der Waals surface area contributed by atoms with Gasteiger partial charge in [-0.2, -0.15) is 0 Å². The lowest BCUT2D eigenvalue weighted by Crippen LogP contribution is -2.12. The summed E-state index contributed by atoms with van der Waals surface area (Å²) in [5.74, 6) is 0.812. The molecule has 1 saturated carbocycles. The number of hydrogen-bond donors (Lipinski definition) is 0. The lowest BCUT2D eigenvalue weighted by atomic mass is 9.99. The van der Waals surface area contributed by atoms with Gasteiger partial charge in [0, 0.05) is 26.1 Å². The average Bonchev–Trinajstić information content (AvgIpc) is 2.76. The molecule has 3 heteroatoms. The first-order valence-corrected chi connectivity index (χ1v) is 5.94. The number of ether oxygens (including phenoxy) is 2. The van der Waals surface area contributed by atoms with Crippen LogP contribution in [0.1, 0.15) is 38.5 Å². The van der Waals surface area contributed by atoms with Crippen LogP contribution in [0.5, 0.6) is 0 Å². The minimum atomic E-state index is 0.365. The second-order valence-corrected chi connectivity index (χ2v) is 4.16. The van der Waals surface area contributed by atoms with Crippen molar-refractivity contribution in [2.24, 2.45) is 5.92 Å². The molecule has 0 spiro atoms. The van der Waals surface area contributed by atoms with Crippen LogP contribution in [0.15, 0.2) is 0 Å². The SMILES string of the molecule is COCCOCCCC(=O)C1CCCC1. The largest absolute Gasteiger partial charge is 0.382 e. The number of Topliss-reactive ketones (excluding diaryl/α,β-unsaturated/α-hetero) is 1. The van der Waals surface area contributed by atoms with E-state index in [1.165, 1.54) is 12.8 Å². The highest BCUT2D eigenvalue weighted by molar-refractivity contribution is 5.81. The second kappa shape index (κ2) is 7.83. The van der Waals surface area contributed by atoms with Gasteiger partial charge >= 0.3 is 0 Å². The fourth-order valence-electron chi connectivity index (χ4n) is 2.04. The lowest BCUT2D eigenvalue weighted by molar-refractivity contribution is -0.123. The normalized spacial score (nSPS) is 17.1. The zero-order valence-corrected chi connectivity index (χ0v) is 9.67. The number of methoxy groups -OCH3 is 1. The fraction of sp³-hybridized carbons (Fsp3) is 0.917. The maximum atomic E-state index is 11.7. The van der Waals surface area contributed by atoms with Gasteiger partial charge in [0.05, 0.1) is 13.2 Å². The molecule has 1 aliphatic carbocycles. The first kappa shape index (κ1) is 12.7. The van der Waals surface area contributed by atoms with E-state index < -0.39 is 0 Å². The summed E-state index contributed by atoms with van der Waals surface area (Å²) in [6, 6.07) is 0. The van der Waals surface area contributed by atoms with E-state index in [0.717, 1.165) is 19.3 Å². The van der Waals surface area contributed by atoms with Gasteiger partial charge in [0.2, 0.25) is 0 Å². The zero-order valence-electron chi connectivity index (χ0n) is 9.67. The Morgan fingerprint density at radius 3 is 2.60 bits per heavy atom. The predicted octanol–water partition coefficient (Wildman–Crippen LogP) is 2.19. The van der Waals surface area contributed by atoms with Crippen molar-refractivity contribution in [3.8, 4) is 0 Å². The Bertz CT molecular complexity index is 174. The monoisotopic (exact) mass is 214 g/mol. The van der Waals surface area contributed by atoms with Gasteiger partial charge in [-0.05, 0) is 19.3 Å². The second-order valence-electron chi connectivity index (χ2n) is 4.16. The smallest absolute Gasteiger partial charge is 0.136 e. The van der Waals surface area contributed by atoms with Crippen LogP contribution in [0, 0.1) is 5.92 Å². The predicted molar refractivity (Wildman–Crippen MR) is 58.9 cm³/mol. The molecule has 0 aliphatic heterocycles. The van der Waals surface area contributed by atoms with Gasteiger partial charge in [0.1, 0.15) is 5.78 Å². The van der Waals surface area contributed by atoms with E-state index in [2.05, 4.69) is 0 Å². The van der Waals surface area contributed by atoms with Crippen LogP contribution in [0.3, 0.4) is 0 Å². The summed E-state index contributed by atoms with van der Waals surface area (Å²) in [5.41, 5.74) is 0. The van der Waals surface area contributed by atoms with Gasteiger partial charge < -0.3 is 9.47 Å². The summed E-state index contributed by atoms with van der Waals surface area (Å²) in [5, 5.41) is 0. The van der Waals surface area contributed by atoms with Crippen molar-refractivity contribution >= 4 is 5.78 Å². The van der Waals surface area contributed by atoms with Crippen LogP contribution in [0.4, 0.5) is 0 Å². The number of carbonyl (C=O) groups excluding carboxylic acids is 1. The van der Waals surface area contributed by atoms with Gasteiger partial charge in [-0.3, -0.25) is 4.79 Å². The third kappa shape index (κ3) is 5.28. The maximum Gasteiger partial charge on any atom is 0.136 e. The number of rotatable bonds is 8. The highest BCUT2D eigenvalue weighted by atomic mass is 16.5. The molecule has 0 atom stereocenters. The summed E-state index contributed by atoms with van der Waals surface area (Å²) < 4.78 is 10.2. The summed E-state index contributed by atoms with van der Waals surface area (Å²) >= 11 is 0. The third-order valence-electron chi connectivity index (χ3n) is 2.95. The van der Waals surface area contributed by atoms with Gasteiger partial charge in [-0.15, -0.1) is 0 Å².